The largest absolute Gasteiger partial charge is 0.419 e. The SMILES string of the molecule is N#Cc1cc(S)cc(C(F)(F)F)c1F. The molecule has 1 rings (SSSR count). The molecule has 1 aromatic rings. The Balaban J connectivity index is 3.47. The summed E-state index contributed by atoms with van der Waals surface area (Å²) in [5.41, 5.74) is -2.13. The van der Waals surface area contributed by atoms with Gasteiger partial charge in [0.2, 0.25) is 0 Å². The topological polar surface area (TPSA) is 23.8 Å². The molecule has 0 aliphatic heterocycles. The zero-order chi connectivity index (χ0) is 10.9. The molecule has 0 radical (unpaired) electrons. The van der Waals surface area contributed by atoms with Crippen molar-refractivity contribution < 1.29 is 17.6 Å². The summed E-state index contributed by atoms with van der Waals surface area (Å²) in [5, 5.41) is 8.34. The first-order chi connectivity index (χ1) is 6.36. The van der Waals surface area contributed by atoms with Crippen LogP contribution in [0.4, 0.5) is 17.6 Å². The third-order valence-corrected chi connectivity index (χ3v) is 1.74. The van der Waals surface area contributed by atoms with E-state index in [9.17, 15) is 17.6 Å². The van der Waals surface area contributed by atoms with E-state index in [1.54, 1.807) is 0 Å². The lowest BCUT2D eigenvalue weighted by Gasteiger charge is -2.09. The quantitative estimate of drug-likeness (QED) is 0.528. The number of alkyl halides is 3. The van der Waals surface area contributed by atoms with Crippen LogP contribution >= 0.6 is 12.6 Å². The van der Waals surface area contributed by atoms with E-state index in [1.807, 2.05) is 0 Å². The minimum Gasteiger partial charge on any atom is -0.205 e. The fraction of sp³-hybridized carbons (Fsp3) is 0.125. The Kier molecular flexibility index (Phi) is 2.71. The van der Waals surface area contributed by atoms with E-state index in [0.717, 1.165) is 6.07 Å². The maximum absolute atomic E-state index is 13.0. The highest BCUT2D eigenvalue weighted by Gasteiger charge is 2.35. The van der Waals surface area contributed by atoms with Crippen molar-refractivity contribution in [3.63, 3.8) is 0 Å². The van der Waals surface area contributed by atoms with Gasteiger partial charge in [-0.3, -0.25) is 0 Å². The average molecular weight is 221 g/mol. The number of hydrogen-bond donors (Lipinski definition) is 1. The molecule has 0 saturated carbocycles. The molecule has 1 nitrogen and oxygen atoms in total. The first-order valence-electron chi connectivity index (χ1n) is 3.36. The Morgan fingerprint density at radius 3 is 2.29 bits per heavy atom. The summed E-state index contributed by atoms with van der Waals surface area (Å²) in [6.07, 6.45) is -4.81. The molecule has 0 bridgehead atoms. The summed E-state index contributed by atoms with van der Waals surface area (Å²) < 4.78 is 49.5. The van der Waals surface area contributed by atoms with Crippen molar-refractivity contribution in [3.05, 3.63) is 29.1 Å². The molecule has 14 heavy (non-hydrogen) atoms. The molecule has 0 N–H and O–H groups in total. The highest BCUT2D eigenvalue weighted by Crippen LogP contribution is 2.33. The number of nitriles is 1. The van der Waals surface area contributed by atoms with Crippen LogP contribution in [0.25, 0.3) is 0 Å². The van der Waals surface area contributed by atoms with E-state index in [0.29, 0.717) is 6.07 Å². The number of hydrogen-bond acceptors (Lipinski definition) is 2. The van der Waals surface area contributed by atoms with Gasteiger partial charge in [-0.15, -0.1) is 12.6 Å². The van der Waals surface area contributed by atoms with Gasteiger partial charge in [0.05, 0.1) is 11.1 Å². The van der Waals surface area contributed by atoms with Crippen molar-refractivity contribution in [2.75, 3.05) is 0 Å². The summed E-state index contributed by atoms with van der Waals surface area (Å²) in [6.45, 7) is 0. The first-order valence-corrected chi connectivity index (χ1v) is 3.81. The minimum atomic E-state index is -4.81. The number of thiol groups is 1. The van der Waals surface area contributed by atoms with Crippen LogP contribution in [-0.4, -0.2) is 0 Å². The smallest absolute Gasteiger partial charge is 0.205 e. The Morgan fingerprint density at radius 2 is 1.86 bits per heavy atom. The van der Waals surface area contributed by atoms with Gasteiger partial charge in [0.25, 0.3) is 0 Å². The molecule has 0 unspecified atom stereocenters. The lowest BCUT2D eigenvalue weighted by atomic mass is 10.1. The molecule has 0 spiro atoms. The van der Waals surface area contributed by atoms with E-state index >= 15 is 0 Å². The van der Waals surface area contributed by atoms with E-state index in [1.165, 1.54) is 6.07 Å². The molecule has 0 atom stereocenters. The molecule has 0 heterocycles. The predicted molar refractivity (Wildman–Crippen MR) is 43.4 cm³/mol. The number of benzene rings is 1. The molecule has 0 fully saturated rings. The molecular weight excluding hydrogens is 218 g/mol. The van der Waals surface area contributed by atoms with Gasteiger partial charge in [-0.1, -0.05) is 0 Å². The maximum Gasteiger partial charge on any atom is 0.419 e. The lowest BCUT2D eigenvalue weighted by molar-refractivity contribution is -0.140. The summed E-state index contributed by atoms with van der Waals surface area (Å²) in [4.78, 5) is -0.102. The van der Waals surface area contributed by atoms with E-state index in [4.69, 9.17) is 5.26 Å². The zero-order valence-electron chi connectivity index (χ0n) is 6.56. The van der Waals surface area contributed by atoms with Crippen molar-refractivity contribution in [1.82, 2.24) is 0 Å². The van der Waals surface area contributed by atoms with Crippen LogP contribution in [0.1, 0.15) is 11.1 Å². The molecule has 0 amide bonds. The van der Waals surface area contributed by atoms with Gasteiger partial charge in [0, 0.05) is 4.90 Å². The van der Waals surface area contributed by atoms with Gasteiger partial charge in [-0.25, -0.2) is 4.39 Å². The van der Waals surface area contributed by atoms with Crippen molar-refractivity contribution in [2.24, 2.45) is 0 Å². The van der Waals surface area contributed by atoms with E-state index in [-0.39, 0.29) is 4.90 Å². The van der Waals surface area contributed by atoms with E-state index in [2.05, 4.69) is 12.6 Å². The Hall–Kier alpha value is -1.22. The second-order valence-electron chi connectivity index (χ2n) is 2.46. The third-order valence-electron chi connectivity index (χ3n) is 1.48. The minimum absolute atomic E-state index is 0.102. The monoisotopic (exact) mass is 221 g/mol. The molecule has 74 valence electrons. The van der Waals surface area contributed by atoms with E-state index < -0.39 is 23.1 Å². The number of rotatable bonds is 0. The van der Waals surface area contributed by atoms with Crippen LogP contribution < -0.4 is 0 Å². The molecule has 0 aliphatic carbocycles. The fourth-order valence-corrected chi connectivity index (χ4v) is 1.16. The van der Waals surface area contributed by atoms with Crippen LogP contribution in [0, 0.1) is 17.1 Å². The van der Waals surface area contributed by atoms with Gasteiger partial charge in [0.1, 0.15) is 6.07 Å². The van der Waals surface area contributed by atoms with Crippen LogP contribution in [0.5, 0.6) is 0 Å². The summed E-state index contributed by atoms with van der Waals surface area (Å²) in [5.74, 6) is -1.56. The van der Waals surface area contributed by atoms with Gasteiger partial charge >= 0.3 is 6.18 Å². The van der Waals surface area contributed by atoms with Crippen molar-refractivity contribution in [1.29, 1.82) is 5.26 Å². The number of halogens is 4. The molecule has 0 aliphatic rings. The maximum atomic E-state index is 13.0. The predicted octanol–water partition coefficient (Wildman–Crippen LogP) is 3.00. The van der Waals surface area contributed by atoms with Crippen molar-refractivity contribution in [3.8, 4) is 6.07 Å². The van der Waals surface area contributed by atoms with Crippen LogP contribution in [-0.2, 0) is 6.18 Å². The Labute approximate surface area is 82.4 Å². The van der Waals surface area contributed by atoms with Crippen molar-refractivity contribution in [2.45, 2.75) is 11.1 Å². The number of nitrogens with zero attached hydrogens (tertiary/aromatic N) is 1. The normalized spacial score (nSPS) is 11.1. The Morgan fingerprint density at radius 1 is 1.29 bits per heavy atom. The fourth-order valence-electron chi connectivity index (χ4n) is 0.897. The second-order valence-corrected chi connectivity index (χ2v) is 2.98. The molecule has 1 aromatic carbocycles. The van der Waals surface area contributed by atoms with Gasteiger partial charge in [0.15, 0.2) is 5.82 Å². The van der Waals surface area contributed by atoms with Gasteiger partial charge in [-0.2, -0.15) is 18.4 Å². The molecule has 0 aromatic heterocycles. The molecule has 0 saturated heterocycles. The summed E-state index contributed by atoms with van der Waals surface area (Å²) in [6, 6.07) is 2.80. The van der Waals surface area contributed by atoms with Crippen LogP contribution in [0.3, 0.4) is 0 Å². The zero-order valence-corrected chi connectivity index (χ0v) is 7.46. The highest BCUT2D eigenvalue weighted by molar-refractivity contribution is 7.80. The summed E-state index contributed by atoms with van der Waals surface area (Å²) in [7, 11) is 0. The lowest BCUT2D eigenvalue weighted by Crippen LogP contribution is -2.09. The third kappa shape index (κ3) is 1.99. The Bertz CT molecular complexity index is 405. The van der Waals surface area contributed by atoms with Crippen LogP contribution in [0.15, 0.2) is 17.0 Å². The molecular formula is C8H3F4NS. The standard InChI is InChI=1S/C8H3F4NS/c9-7-4(3-13)1-5(14)2-6(7)8(10,11)12/h1-2,14H. The average Bonchev–Trinajstić information content (AvgIpc) is 2.06. The summed E-state index contributed by atoms with van der Waals surface area (Å²) >= 11 is 3.64. The first kappa shape index (κ1) is 10.9. The molecule has 6 heteroatoms. The van der Waals surface area contributed by atoms with Gasteiger partial charge in [-0.05, 0) is 12.1 Å². The van der Waals surface area contributed by atoms with Crippen molar-refractivity contribution >= 4 is 12.6 Å². The highest BCUT2D eigenvalue weighted by atomic mass is 32.1. The van der Waals surface area contributed by atoms with Gasteiger partial charge < -0.3 is 0 Å². The second kappa shape index (κ2) is 3.50. The van der Waals surface area contributed by atoms with Crippen LogP contribution in [0.2, 0.25) is 0 Å².